The zero-order chi connectivity index (χ0) is 12.3. The number of fused-ring (bicyclic) bond motifs is 1. The average molecular weight is 235 g/mol. The molecule has 17 heavy (non-hydrogen) atoms. The largest absolute Gasteiger partial charge is 0.493 e. The molecule has 2 rings (SSSR count). The SMILES string of the molecule is CC(CNc1ccc2c(c1)CCO2)CC(=O)O. The first kappa shape index (κ1) is 11.8. The first-order valence-electron chi connectivity index (χ1n) is 5.86. The van der Waals surface area contributed by atoms with Crippen LogP contribution in [0.5, 0.6) is 5.75 Å². The standard InChI is InChI=1S/C13H17NO3/c1-9(6-13(15)16)8-14-11-2-3-12-10(7-11)4-5-17-12/h2-3,7,9,14H,4-6,8H2,1H3,(H,15,16). The van der Waals surface area contributed by atoms with Gasteiger partial charge in [-0.05, 0) is 29.7 Å². The quantitative estimate of drug-likeness (QED) is 0.821. The zero-order valence-electron chi connectivity index (χ0n) is 9.90. The Morgan fingerprint density at radius 2 is 2.41 bits per heavy atom. The lowest BCUT2D eigenvalue weighted by Crippen LogP contribution is -2.14. The van der Waals surface area contributed by atoms with Crippen LogP contribution in [0.1, 0.15) is 18.9 Å². The third-order valence-electron chi connectivity index (χ3n) is 2.87. The minimum Gasteiger partial charge on any atom is -0.493 e. The number of hydrogen-bond donors (Lipinski definition) is 2. The Morgan fingerprint density at radius 1 is 1.59 bits per heavy atom. The molecule has 1 aromatic rings. The molecule has 0 fully saturated rings. The molecule has 1 aliphatic rings. The zero-order valence-corrected chi connectivity index (χ0v) is 9.90. The van der Waals surface area contributed by atoms with Crippen molar-refractivity contribution in [2.24, 2.45) is 5.92 Å². The second-order valence-electron chi connectivity index (χ2n) is 4.50. The predicted molar refractivity (Wildman–Crippen MR) is 65.5 cm³/mol. The molecule has 1 unspecified atom stereocenters. The van der Waals surface area contributed by atoms with Gasteiger partial charge in [0.2, 0.25) is 0 Å². The molecule has 2 N–H and O–H groups in total. The van der Waals surface area contributed by atoms with Gasteiger partial charge in [0.05, 0.1) is 6.61 Å². The van der Waals surface area contributed by atoms with Crippen molar-refractivity contribution in [3.63, 3.8) is 0 Å². The van der Waals surface area contributed by atoms with E-state index in [-0.39, 0.29) is 12.3 Å². The average Bonchev–Trinajstić information content (AvgIpc) is 2.72. The van der Waals surface area contributed by atoms with Crippen LogP contribution >= 0.6 is 0 Å². The molecule has 0 aliphatic carbocycles. The molecular weight excluding hydrogens is 218 g/mol. The van der Waals surface area contributed by atoms with Crippen molar-refractivity contribution in [1.82, 2.24) is 0 Å². The molecule has 0 bridgehead atoms. The van der Waals surface area contributed by atoms with Gasteiger partial charge in [-0.3, -0.25) is 4.79 Å². The number of aliphatic carboxylic acids is 1. The molecular formula is C13H17NO3. The van der Waals surface area contributed by atoms with E-state index in [1.54, 1.807) is 0 Å². The smallest absolute Gasteiger partial charge is 0.303 e. The molecule has 1 heterocycles. The Morgan fingerprint density at radius 3 is 3.18 bits per heavy atom. The van der Waals surface area contributed by atoms with E-state index in [2.05, 4.69) is 11.4 Å². The number of anilines is 1. The highest BCUT2D eigenvalue weighted by atomic mass is 16.5. The molecule has 0 aromatic heterocycles. The van der Waals surface area contributed by atoms with Crippen LogP contribution in [0.15, 0.2) is 18.2 Å². The summed E-state index contributed by atoms with van der Waals surface area (Å²) >= 11 is 0. The predicted octanol–water partition coefficient (Wildman–Crippen LogP) is 2.14. The molecule has 1 atom stereocenters. The summed E-state index contributed by atoms with van der Waals surface area (Å²) in [5, 5.41) is 11.9. The third-order valence-corrected chi connectivity index (χ3v) is 2.87. The number of benzene rings is 1. The molecule has 1 aliphatic heterocycles. The molecule has 0 amide bonds. The maximum absolute atomic E-state index is 10.5. The fourth-order valence-corrected chi connectivity index (χ4v) is 1.96. The fraction of sp³-hybridized carbons (Fsp3) is 0.462. The topological polar surface area (TPSA) is 58.6 Å². The minimum absolute atomic E-state index is 0.122. The third kappa shape index (κ3) is 3.12. The van der Waals surface area contributed by atoms with Gasteiger partial charge in [0, 0.05) is 25.1 Å². The first-order valence-corrected chi connectivity index (χ1v) is 5.86. The van der Waals surface area contributed by atoms with Crippen molar-refractivity contribution in [3.8, 4) is 5.75 Å². The van der Waals surface area contributed by atoms with Gasteiger partial charge in [0.25, 0.3) is 0 Å². The summed E-state index contributed by atoms with van der Waals surface area (Å²) in [5.41, 5.74) is 2.26. The van der Waals surface area contributed by atoms with Gasteiger partial charge < -0.3 is 15.2 Å². The number of carboxylic acids is 1. The van der Waals surface area contributed by atoms with Crippen LogP contribution in [-0.4, -0.2) is 24.2 Å². The lowest BCUT2D eigenvalue weighted by Gasteiger charge is -2.12. The maximum Gasteiger partial charge on any atom is 0.303 e. The van der Waals surface area contributed by atoms with Gasteiger partial charge in [-0.2, -0.15) is 0 Å². The molecule has 0 saturated heterocycles. The van der Waals surface area contributed by atoms with Gasteiger partial charge in [-0.15, -0.1) is 0 Å². The highest BCUT2D eigenvalue weighted by molar-refractivity contribution is 5.67. The van der Waals surface area contributed by atoms with Gasteiger partial charge in [-0.1, -0.05) is 6.92 Å². The first-order chi connectivity index (χ1) is 8.15. The van der Waals surface area contributed by atoms with E-state index in [9.17, 15) is 4.79 Å². The van der Waals surface area contributed by atoms with Gasteiger partial charge >= 0.3 is 5.97 Å². The minimum atomic E-state index is -0.748. The van der Waals surface area contributed by atoms with Crippen LogP contribution in [0.3, 0.4) is 0 Å². The molecule has 0 radical (unpaired) electrons. The second kappa shape index (κ2) is 5.08. The molecule has 92 valence electrons. The monoisotopic (exact) mass is 235 g/mol. The summed E-state index contributed by atoms with van der Waals surface area (Å²) in [7, 11) is 0. The van der Waals surface area contributed by atoms with E-state index in [1.807, 2.05) is 19.1 Å². The lowest BCUT2D eigenvalue weighted by atomic mass is 10.1. The number of hydrogen-bond acceptors (Lipinski definition) is 3. The maximum atomic E-state index is 10.5. The Kier molecular flexibility index (Phi) is 3.52. The van der Waals surface area contributed by atoms with Crippen molar-refractivity contribution in [2.45, 2.75) is 19.8 Å². The Balaban J connectivity index is 1.89. The van der Waals surface area contributed by atoms with Crippen molar-refractivity contribution in [2.75, 3.05) is 18.5 Å². The Labute approximate surface area is 101 Å². The summed E-state index contributed by atoms with van der Waals surface area (Å²) in [6, 6.07) is 6.01. The van der Waals surface area contributed by atoms with Crippen LogP contribution in [0.4, 0.5) is 5.69 Å². The Hall–Kier alpha value is -1.71. The van der Waals surface area contributed by atoms with Crippen LogP contribution in [0.25, 0.3) is 0 Å². The number of carbonyl (C=O) groups is 1. The van der Waals surface area contributed by atoms with Gasteiger partial charge in [-0.25, -0.2) is 0 Å². The molecule has 4 heteroatoms. The number of carboxylic acid groups (broad SMARTS) is 1. The van der Waals surface area contributed by atoms with Crippen molar-refractivity contribution < 1.29 is 14.6 Å². The van der Waals surface area contributed by atoms with E-state index in [1.165, 1.54) is 5.56 Å². The van der Waals surface area contributed by atoms with Gasteiger partial charge in [0.1, 0.15) is 5.75 Å². The summed E-state index contributed by atoms with van der Waals surface area (Å²) in [6.45, 7) is 3.36. The van der Waals surface area contributed by atoms with Crippen LogP contribution in [0.2, 0.25) is 0 Å². The number of nitrogens with one attached hydrogen (secondary N) is 1. The highest BCUT2D eigenvalue weighted by Crippen LogP contribution is 2.27. The molecule has 1 aromatic carbocycles. The van der Waals surface area contributed by atoms with E-state index < -0.39 is 5.97 Å². The fourth-order valence-electron chi connectivity index (χ4n) is 1.96. The van der Waals surface area contributed by atoms with E-state index in [4.69, 9.17) is 9.84 Å². The van der Waals surface area contributed by atoms with Crippen LogP contribution < -0.4 is 10.1 Å². The molecule has 0 spiro atoms. The lowest BCUT2D eigenvalue weighted by molar-refractivity contribution is -0.137. The highest BCUT2D eigenvalue weighted by Gasteiger charge is 2.12. The van der Waals surface area contributed by atoms with Crippen molar-refractivity contribution >= 4 is 11.7 Å². The van der Waals surface area contributed by atoms with Crippen LogP contribution in [0, 0.1) is 5.92 Å². The summed E-state index contributed by atoms with van der Waals surface area (Å²) < 4.78 is 5.43. The van der Waals surface area contributed by atoms with E-state index >= 15 is 0 Å². The second-order valence-corrected chi connectivity index (χ2v) is 4.50. The summed E-state index contributed by atoms with van der Waals surface area (Å²) in [6.07, 6.45) is 1.15. The van der Waals surface area contributed by atoms with E-state index in [0.29, 0.717) is 6.54 Å². The van der Waals surface area contributed by atoms with Crippen molar-refractivity contribution in [1.29, 1.82) is 0 Å². The molecule has 0 saturated carbocycles. The van der Waals surface area contributed by atoms with Crippen LogP contribution in [-0.2, 0) is 11.2 Å². The van der Waals surface area contributed by atoms with E-state index in [0.717, 1.165) is 24.5 Å². The number of rotatable bonds is 5. The van der Waals surface area contributed by atoms with Gasteiger partial charge in [0.15, 0.2) is 0 Å². The Bertz CT molecular complexity index is 417. The normalized spacial score (nSPS) is 14.9. The van der Waals surface area contributed by atoms with Crippen molar-refractivity contribution in [3.05, 3.63) is 23.8 Å². The summed E-state index contributed by atoms with van der Waals surface area (Å²) in [4.78, 5) is 10.5. The summed E-state index contributed by atoms with van der Waals surface area (Å²) in [5.74, 6) is 0.341. The number of ether oxygens (including phenoxy) is 1. The molecule has 4 nitrogen and oxygen atoms in total.